The first kappa shape index (κ1) is 25.1. The smallest absolute Gasteiger partial charge is 0.191 e. The Labute approximate surface area is 176 Å². The molecule has 26 heavy (non-hydrogen) atoms. The van der Waals surface area contributed by atoms with Gasteiger partial charge in [0.1, 0.15) is 5.82 Å². The van der Waals surface area contributed by atoms with Gasteiger partial charge < -0.3 is 15.5 Å². The number of nitrogens with one attached hydrogen (secondary N) is 2. The van der Waals surface area contributed by atoms with E-state index in [1.165, 1.54) is 32.2 Å². The number of rotatable bonds is 10. The Hall–Kier alpha value is -0.890. The Balaban J connectivity index is 0.00000625. The van der Waals surface area contributed by atoms with Crippen molar-refractivity contribution in [3.63, 3.8) is 0 Å². The predicted octanol–water partition coefficient (Wildman–Crippen LogP) is 4.49. The lowest BCUT2D eigenvalue weighted by atomic mass is 10.1. The zero-order valence-electron chi connectivity index (χ0n) is 16.9. The fraction of sp³-hybridized carbons (Fsp3) is 0.650. The molecular weight excluding hydrogens is 442 g/mol. The molecule has 2 N–H and O–H groups in total. The van der Waals surface area contributed by atoms with E-state index in [2.05, 4.69) is 34.6 Å². The molecule has 0 saturated carbocycles. The van der Waals surface area contributed by atoms with Crippen molar-refractivity contribution in [3.8, 4) is 0 Å². The Kier molecular flexibility index (Phi) is 13.7. The second-order valence-corrected chi connectivity index (χ2v) is 6.94. The van der Waals surface area contributed by atoms with Crippen LogP contribution >= 0.6 is 24.0 Å². The van der Waals surface area contributed by atoms with E-state index in [1.54, 1.807) is 20.0 Å². The van der Waals surface area contributed by atoms with Crippen LogP contribution in [0, 0.1) is 12.7 Å². The Morgan fingerprint density at radius 3 is 2.42 bits per heavy atom. The number of guanidine groups is 1. The van der Waals surface area contributed by atoms with Gasteiger partial charge in [-0.25, -0.2) is 4.39 Å². The predicted molar refractivity (Wildman–Crippen MR) is 121 cm³/mol. The molecule has 6 heteroatoms. The van der Waals surface area contributed by atoms with Crippen molar-refractivity contribution in [1.82, 2.24) is 15.5 Å². The number of hydrogen-bond donors (Lipinski definition) is 2. The summed E-state index contributed by atoms with van der Waals surface area (Å²) in [6.07, 6.45) is 6.21. The van der Waals surface area contributed by atoms with Crippen LogP contribution in [0.25, 0.3) is 0 Å². The molecule has 0 aliphatic heterocycles. The molecule has 4 nitrogen and oxygen atoms in total. The zero-order chi connectivity index (χ0) is 18.7. The average molecular weight is 478 g/mol. The number of aliphatic imine (C=N–C) groups is 1. The fourth-order valence-corrected chi connectivity index (χ4v) is 2.65. The molecule has 1 unspecified atom stereocenters. The molecule has 0 fully saturated rings. The molecule has 150 valence electrons. The molecular formula is C20H36FIN4. The van der Waals surface area contributed by atoms with E-state index < -0.39 is 0 Å². The molecule has 0 aliphatic carbocycles. The van der Waals surface area contributed by atoms with Crippen molar-refractivity contribution >= 4 is 29.9 Å². The summed E-state index contributed by atoms with van der Waals surface area (Å²) in [5.41, 5.74) is 1.59. The quantitative estimate of drug-likeness (QED) is 0.225. The highest BCUT2D eigenvalue weighted by molar-refractivity contribution is 14.0. The van der Waals surface area contributed by atoms with Crippen LogP contribution in [0.1, 0.15) is 56.2 Å². The summed E-state index contributed by atoms with van der Waals surface area (Å²) in [6.45, 7) is 5.87. The molecule has 0 aliphatic rings. The van der Waals surface area contributed by atoms with Crippen LogP contribution in [0.2, 0.25) is 0 Å². The first-order chi connectivity index (χ1) is 11.9. The van der Waals surface area contributed by atoms with E-state index in [-0.39, 0.29) is 35.8 Å². The van der Waals surface area contributed by atoms with Crippen molar-refractivity contribution in [2.24, 2.45) is 4.99 Å². The molecule has 0 radical (unpaired) electrons. The van der Waals surface area contributed by atoms with Gasteiger partial charge in [-0.15, -0.1) is 24.0 Å². The van der Waals surface area contributed by atoms with Crippen molar-refractivity contribution in [2.45, 2.75) is 52.0 Å². The van der Waals surface area contributed by atoms with Gasteiger partial charge in [0.2, 0.25) is 0 Å². The Bertz CT molecular complexity index is 535. The van der Waals surface area contributed by atoms with E-state index in [4.69, 9.17) is 0 Å². The number of unbranched alkanes of at least 4 members (excludes halogenated alkanes) is 4. The Morgan fingerprint density at radius 2 is 1.81 bits per heavy atom. The van der Waals surface area contributed by atoms with E-state index >= 15 is 0 Å². The Morgan fingerprint density at radius 1 is 1.15 bits per heavy atom. The molecule has 1 atom stereocenters. The van der Waals surface area contributed by atoms with Crippen LogP contribution < -0.4 is 10.6 Å². The van der Waals surface area contributed by atoms with Gasteiger partial charge >= 0.3 is 0 Å². The van der Waals surface area contributed by atoms with Gasteiger partial charge in [-0.3, -0.25) is 4.99 Å². The van der Waals surface area contributed by atoms with Crippen LogP contribution in [0.4, 0.5) is 4.39 Å². The van der Waals surface area contributed by atoms with Crippen LogP contribution in [0.15, 0.2) is 23.2 Å². The lowest BCUT2D eigenvalue weighted by Gasteiger charge is -2.18. The van der Waals surface area contributed by atoms with Gasteiger partial charge in [-0.2, -0.15) is 0 Å². The summed E-state index contributed by atoms with van der Waals surface area (Å²) in [4.78, 5) is 6.49. The highest BCUT2D eigenvalue weighted by Crippen LogP contribution is 2.16. The van der Waals surface area contributed by atoms with Crippen molar-refractivity contribution < 1.29 is 4.39 Å². The third kappa shape index (κ3) is 10.3. The van der Waals surface area contributed by atoms with Crippen LogP contribution in [-0.2, 0) is 0 Å². The molecule has 1 aromatic rings. The van der Waals surface area contributed by atoms with Gasteiger partial charge in [0.25, 0.3) is 0 Å². The minimum atomic E-state index is -0.164. The van der Waals surface area contributed by atoms with Gasteiger partial charge in [-0.05, 0) is 64.5 Å². The molecule has 0 amide bonds. The van der Waals surface area contributed by atoms with Crippen LogP contribution in [0.5, 0.6) is 0 Å². The maximum Gasteiger partial charge on any atom is 0.191 e. The second-order valence-electron chi connectivity index (χ2n) is 6.94. The van der Waals surface area contributed by atoms with Gasteiger partial charge in [0.05, 0.1) is 6.04 Å². The normalized spacial score (nSPS) is 12.7. The first-order valence-electron chi connectivity index (χ1n) is 9.32. The third-order valence-electron chi connectivity index (χ3n) is 4.35. The molecule has 1 aromatic carbocycles. The number of hydrogen-bond acceptors (Lipinski definition) is 2. The molecule has 0 aromatic heterocycles. The highest BCUT2D eigenvalue weighted by Gasteiger charge is 2.09. The molecule has 0 heterocycles. The summed E-state index contributed by atoms with van der Waals surface area (Å²) in [5, 5.41) is 6.66. The number of aryl methyl sites for hydroxylation is 1. The largest absolute Gasteiger partial charge is 0.356 e. The monoisotopic (exact) mass is 478 g/mol. The lowest BCUT2D eigenvalue weighted by molar-refractivity contribution is 0.389. The maximum absolute atomic E-state index is 13.7. The third-order valence-corrected chi connectivity index (χ3v) is 4.35. The van der Waals surface area contributed by atoms with E-state index in [1.807, 2.05) is 19.1 Å². The fourth-order valence-electron chi connectivity index (χ4n) is 2.65. The molecule has 0 saturated heterocycles. The SMILES string of the molecule is CN=C(NCCCCCCCN(C)C)NC(C)c1ccc(C)c(F)c1.I. The maximum atomic E-state index is 13.7. The van der Waals surface area contributed by atoms with Crippen molar-refractivity contribution in [1.29, 1.82) is 0 Å². The molecule has 0 bridgehead atoms. The van der Waals surface area contributed by atoms with Gasteiger partial charge in [0, 0.05) is 13.6 Å². The minimum Gasteiger partial charge on any atom is -0.356 e. The molecule has 1 rings (SSSR count). The summed E-state index contributed by atoms with van der Waals surface area (Å²) in [7, 11) is 6.00. The van der Waals surface area contributed by atoms with E-state index in [0.29, 0.717) is 5.56 Å². The van der Waals surface area contributed by atoms with Gasteiger partial charge in [0.15, 0.2) is 5.96 Å². The van der Waals surface area contributed by atoms with Crippen LogP contribution in [-0.4, -0.2) is 45.1 Å². The summed E-state index contributed by atoms with van der Waals surface area (Å²) in [6, 6.07) is 5.37. The zero-order valence-corrected chi connectivity index (χ0v) is 19.3. The second kappa shape index (κ2) is 14.2. The van der Waals surface area contributed by atoms with E-state index in [9.17, 15) is 4.39 Å². The highest BCUT2D eigenvalue weighted by atomic mass is 127. The minimum absolute atomic E-state index is 0. The van der Waals surface area contributed by atoms with E-state index in [0.717, 1.165) is 24.5 Å². The first-order valence-corrected chi connectivity index (χ1v) is 9.32. The average Bonchev–Trinajstić information content (AvgIpc) is 2.58. The summed E-state index contributed by atoms with van der Waals surface area (Å²) < 4.78 is 13.7. The van der Waals surface area contributed by atoms with Crippen molar-refractivity contribution in [2.75, 3.05) is 34.2 Å². The lowest BCUT2D eigenvalue weighted by Crippen LogP contribution is -2.39. The number of nitrogens with zero attached hydrogens (tertiary/aromatic N) is 2. The standard InChI is InChI=1S/C20H35FN4.HI/c1-16-11-12-18(15-19(16)21)17(2)24-20(22-3)23-13-9-7-6-8-10-14-25(4)5;/h11-12,15,17H,6-10,13-14H2,1-5H3,(H2,22,23,24);1H. The number of halogens is 2. The van der Waals surface area contributed by atoms with Crippen molar-refractivity contribution in [3.05, 3.63) is 35.1 Å². The summed E-state index contributed by atoms with van der Waals surface area (Å²) in [5.74, 6) is 0.601. The summed E-state index contributed by atoms with van der Waals surface area (Å²) >= 11 is 0. The van der Waals surface area contributed by atoms with Crippen LogP contribution in [0.3, 0.4) is 0 Å². The van der Waals surface area contributed by atoms with Gasteiger partial charge in [-0.1, -0.05) is 31.4 Å². The molecule has 0 spiro atoms. The topological polar surface area (TPSA) is 39.7 Å². The number of benzene rings is 1.